The number of aromatic nitrogens is 3. The van der Waals surface area contributed by atoms with E-state index in [0.717, 1.165) is 18.6 Å². The van der Waals surface area contributed by atoms with Gasteiger partial charge in [0.05, 0.1) is 18.4 Å². The summed E-state index contributed by atoms with van der Waals surface area (Å²) in [7, 11) is 0. The minimum absolute atomic E-state index is 0.139. The Bertz CT molecular complexity index is 1190. The van der Waals surface area contributed by atoms with Crippen LogP contribution in [0.3, 0.4) is 0 Å². The molecule has 0 atom stereocenters. The highest BCUT2D eigenvalue weighted by Gasteiger charge is 2.42. The highest BCUT2D eigenvalue weighted by Crippen LogP contribution is 2.49. The van der Waals surface area contributed by atoms with Gasteiger partial charge in [-0.05, 0) is 31.4 Å². The topological polar surface area (TPSA) is 76.8 Å². The maximum atomic E-state index is 13.2. The number of halogens is 1. The normalized spacial score (nSPS) is 17.2. The zero-order valence-electron chi connectivity index (χ0n) is 17.0. The first kappa shape index (κ1) is 20.3. The first-order valence-electron chi connectivity index (χ1n) is 10.2. The second-order valence-electron chi connectivity index (χ2n) is 7.83. The molecule has 160 valence electrons. The van der Waals surface area contributed by atoms with E-state index in [1.807, 2.05) is 16.7 Å². The van der Waals surface area contributed by atoms with Gasteiger partial charge in [0.25, 0.3) is 5.91 Å². The van der Waals surface area contributed by atoms with Crippen LogP contribution < -0.4 is 0 Å². The number of rotatable bonds is 3. The van der Waals surface area contributed by atoms with E-state index in [9.17, 15) is 9.59 Å². The Morgan fingerprint density at radius 1 is 1.19 bits per heavy atom. The first-order chi connectivity index (χ1) is 15.0. The molecule has 1 spiro atoms. The Balaban J connectivity index is 1.37. The predicted molar refractivity (Wildman–Crippen MR) is 118 cm³/mol. The number of piperidine rings is 1. The molecule has 9 heteroatoms. The van der Waals surface area contributed by atoms with Crippen LogP contribution in [0.5, 0.6) is 0 Å². The molecule has 0 radical (unpaired) electrons. The van der Waals surface area contributed by atoms with Crippen molar-refractivity contribution >= 4 is 40.9 Å². The standard InChI is InChI=1S/C22H21ClN4O3S/c1-2-30-21(29)15-12-25-27-18(23)14(11-24-19(15)27)20(28)26-9-7-22(8-10-26)13-31-17-6-4-3-5-16(17)22/h3-6,11-12H,2,7-10,13H2,1H3. The van der Waals surface area contributed by atoms with Crippen molar-refractivity contribution in [2.24, 2.45) is 0 Å². The Hall–Kier alpha value is -2.58. The summed E-state index contributed by atoms with van der Waals surface area (Å²) in [5, 5.41) is 4.29. The molecular formula is C22H21ClN4O3S. The Labute approximate surface area is 188 Å². The lowest BCUT2D eigenvalue weighted by atomic mass is 9.74. The summed E-state index contributed by atoms with van der Waals surface area (Å²) in [4.78, 5) is 32.8. The van der Waals surface area contributed by atoms with Gasteiger partial charge in [0, 0.05) is 35.3 Å². The lowest BCUT2D eigenvalue weighted by Gasteiger charge is -2.39. The van der Waals surface area contributed by atoms with Gasteiger partial charge in [0.15, 0.2) is 5.65 Å². The summed E-state index contributed by atoms with van der Waals surface area (Å²) in [5.41, 5.74) is 2.33. The highest BCUT2D eigenvalue weighted by atomic mass is 35.5. The quantitative estimate of drug-likeness (QED) is 0.440. The summed E-state index contributed by atoms with van der Waals surface area (Å²) in [6.45, 7) is 3.30. The van der Waals surface area contributed by atoms with E-state index in [2.05, 4.69) is 34.3 Å². The molecule has 5 rings (SSSR count). The predicted octanol–water partition coefficient (Wildman–Crippen LogP) is 3.84. The zero-order valence-corrected chi connectivity index (χ0v) is 18.6. The van der Waals surface area contributed by atoms with Crippen molar-refractivity contribution in [2.45, 2.75) is 30.1 Å². The van der Waals surface area contributed by atoms with Crippen LogP contribution in [0.4, 0.5) is 0 Å². The van der Waals surface area contributed by atoms with Crippen molar-refractivity contribution in [1.82, 2.24) is 19.5 Å². The van der Waals surface area contributed by atoms with Crippen LogP contribution in [-0.2, 0) is 10.2 Å². The van der Waals surface area contributed by atoms with Gasteiger partial charge in [0.1, 0.15) is 10.7 Å². The van der Waals surface area contributed by atoms with Gasteiger partial charge in [-0.2, -0.15) is 5.10 Å². The lowest BCUT2D eigenvalue weighted by Crippen LogP contribution is -2.45. The van der Waals surface area contributed by atoms with E-state index in [0.29, 0.717) is 13.1 Å². The molecule has 2 aliphatic rings. The second kappa shape index (κ2) is 7.84. The molecule has 4 heterocycles. The number of hydrogen-bond donors (Lipinski definition) is 0. The molecule has 3 aromatic rings. The largest absolute Gasteiger partial charge is 0.462 e. The molecule has 1 aromatic carbocycles. The molecule has 0 N–H and O–H groups in total. The van der Waals surface area contributed by atoms with Gasteiger partial charge in [0.2, 0.25) is 0 Å². The molecule has 1 amide bonds. The Kier molecular flexibility index (Phi) is 5.14. The van der Waals surface area contributed by atoms with Gasteiger partial charge in [-0.1, -0.05) is 29.8 Å². The molecule has 31 heavy (non-hydrogen) atoms. The highest BCUT2D eigenvalue weighted by molar-refractivity contribution is 7.99. The SMILES string of the molecule is CCOC(=O)c1cnn2c(Cl)c(C(=O)N3CCC4(CC3)CSc3ccccc34)cnc12. The maximum Gasteiger partial charge on any atom is 0.343 e. The van der Waals surface area contributed by atoms with Crippen molar-refractivity contribution in [3.63, 3.8) is 0 Å². The van der Waals surface area contributed by atoms with E-state index in [1.54, 1.807) is 6.92 Å². The van der Waals surface area contributed by atoms with Crippen LogP contribution in [0.2, 0.25) is 5.15 Å². The van der Waals surface area contributed by atoms with E-state index < -0.39 is 5.97 Å². The van der Waals surface area contributed by atoms with E-state index in [4.69, 9.17) is 16.3 Å². The van der Waals surface area contributed by atoms with Crippen molar-refractivity contribution in [3.05, 3.63) is 58.5 Å². The number of esters is 1. The summed E-state index contributed by atoms with van der Waals surface area (Å²) in [5.74, 6) is 0.379. The smallest absolute Gasteiger partial charge is 0.343 e. The number of likely N-dealkylation sites (tertiary alicyclic amines) is 1. The molecule has 0 unspecified atom stereocenters. The number of carbonyl (C=O) groups is 2. The van der Waals surface area contributed by atoms with Gasteiger partial charge in [-0.3, -0.25) is 4.79 Å². The number of ether oxygens (including phenoxy) is 1. The van der Waals surface area contributed by atoms with E-state index >= 15 is 0 Å². The zero-order chi connectivity index (χ0) is 21.6. The van der Waals surface area contributed by atoms with Crippen molar-refractivity contribution in [2.75, 3.05) is 25.4 Å². The van der Waals surface area contributed by atoms with Crippen LogP contribution in [0.25, 0.3) is 5.65 Å². The van der Waals surface area contributed by atoms with Crippen LogP contribution in [-0.4, -0.2) is 56.8 Å². The van der Waals surface area contributed by atoms with Crippen molar-refractivity contribution < 1.29 is 14.3 Å². The third-order valence-electron chi connectivity index (χ3n) is 6.16. The Morgan fingerprint density at radius 3 is 2.74 bits per heavy atom. The molecule has 0 aliphatic carbocycles. The fraction of sp³-hybridized carbons (Fsp3) is 0.364. The number of amides is 1. The molecule has 0 bridgehead atoms. The molecule has 7 nitrogen and oxygen atoms in total. The molecular weight excluding hydrogens is 436 g/mol. The summed E-state index contributed by atoms with van der Waals surface area (Å²) >= 11 is 8.40. The van der Waals surface area contributed by atoms with Crippen molar-refractivity contribution in [3.8, 4) is 0 Å². The number of nitrogens with zero attached hydrogens (tertiary/aromatic N) is 4. The monoisotopic (exact) mass is 456 g/mol. The average Bonchev–Trinajstić information content (AvgIpc) is 3.38. The first-order valence-corrected chi connectivity index (χ1v) is 11.6. The molecule has 1 saturated heterocycles. The van der Waals surface area contributed by atoms with Gasteiger partial charge < -0.3 is 9.64 Å². The number of thioether (sulfide) groups is 1. The average molecular weight is 457 g/mol. The van der Waals surface area contributed by atoms with Crippen LogP contribution in [0.15, 0.2) is 41.6 Å². The molecule has 1 fully saturated rings. The summed E-state index contributed by atoms with van der Waals surface area (Å²) in [6.07, 6.45) is 4.63. The third-order valence-corrected chi connectivity index (χ3v) is 7.89. The van der Waals surface area contributed by atoms with Gasteiger partial charge in [-0.25, -0.2) is 14.3 Å². The third kappa shape index (κ3) is 3.29. The maximum absolute atomic E-state index is 13.2. The minimum Gasteiger partial charge on any atom is -0.462 e. The van der Waals surface area contributed by atoms with E-state index in [1.165, 1.54) is 27.4 Å². The Morgan fingerprint density at radius 2 is 1.97 bits per heavy atom. The second-order valence-corrected chi connectivity index (χ2v) is 9.21. The fourth-order valence-electron chi connectivity index (χ4n) is 4.45. The number of fused-ring (bicyclic) bond motifs is 3. The molecule has 2 aromatic heterocycles. The molecule has 0 saturated carbocycles. The van der Waals surface area contributed by atoms with Gasteiger partial charge in [-0.15, -0.1) is 11.8 Å². The number of benzene rings is 1. The summed E-state index contributed by atoms with van der Waals surface area (Å²) < 4.78 is 6.34. The number of carbonyl (C=O) groups excluding carboxylic acids is 2. The van der Waals surface area contributed by atoms with Crippen LogP contribution in [0, 0.1) is 0 Å². The van der Waals surface area contributed by atoms with Crippen LogP contribution >= 0.6 is 23.4 Å². The van der Waals surface area contributed by atoms with Crippen molar-refractivity contribution in [1.29, 1.82) is 0 Å². The minimum atomic E-state index is -0.517. The van der Waals surface area contributed by atoms with Gasteiger partial charge >= 0.3 is 5.97 Å². The lowest BCUT2D eigenvalue weighted by molar-refractivity contribution is 0.0528. The number of hydrogen-bond acceptors (Lipinski definition) is 6. The van der Waals surface area contributed by atoms with Crippen LogP contribution in [0.1, 0.15) is 46.0 Å². The summed E-state index contributed by atoms with van der Waals surface area (Å²) in [6, 6.07) is 8.58. The molecule has 2 aliphatic heterocycles. The fourth-order valence-corrected chi connectivity index (χ4v) is 6.19. The van der Waals surface area contributed by atoms with E-state index in [-0.39, 0.29) is 39.9 Å².